The van der Waals surface area contributed by atoms with E-state index < -0.39 is 0 Å². The standard InChI is InChI=1S/C58H36N2OS/c1-2-17-44-37(14-1)32-35-48-56-43(21-12-27-53(56)61-58(44)48)39-15-11-16-41(36-39)59(40-33-30-38(31-34-40)42-22-13-29-55-57(42)47-20-5-10-28-54(47)62-55)51-25-8-9-26-52(51)60-49-23-6-3-18-45(49)46-19-4-7-24-50(46)60/h1-36H. The van der Waals surface area contributed by atoms with Crippen molar-refractivity contribution in [2.45, 2.75) is 0 Å². The molecule has 0 bridgehead atoms. The van der Waals surface area contributed by atoms with Crippen LogP contribution in [0.2, 0.25) is 0 Å². The van der Waals surface area contributed by atoms with Crippen molar-refractivity contribution < 1.29 is 4.42 Å². The number of hydrogen-bond acceptors (Lipinski definition) is 3. The number of anilines is 3. The second-order valence-electron chi connectivity index (χ2n) is 16.0. The Hall–Kier alpha value is -7.92. The summed E-state index contributed by atoms with van der Waals surface area (Å²) in [5, 5.41) is 9.64. The number of nitrogens with zero attached hydrogens (tertiary/aromatic N) is 2. The Labute approximate surface area is 361 Å². The third-order valence-electron chi connectivity index (χ3n) is 12.6. The van der Waals surface area contributed by atoms with Crippen molar-refractivity contribution >= 4 is 103 Å². The van der Waals surface area contributed by atoms with Gasteiger partial charge in [-0.25, -0.2) is 0 Å². The zero-order valence-electron chi connectivity index (χ0n) is 33.5. The van der Waals surface area contributed by atoms with Crippen molar-refractivity contribution in [3.8, 4) is 27.9 Å². The molecule has 13 rings (SSSR count). The fraction of sp³-hybridized carbons (Fsp3) is 0. The van der Waals surface area contributed by atoms with Crippen molar-refractivity contribution in [2.24, 2.45) is 0 Å². The summed E-state index contributed by atoms with van der Waals surface area (Å²) in [6.45, 7) is 0. The Kier molecular flexibility index (Phi) is 7.78. The fourth-order valence-electron chi connectivity index (χ4n) is 9.86. The number of benzene rings is 10. The molecule has 10 aromatic carbocycles. The van der Waals surface area contributed by atoms with E-state index in [2.05, 4.69) is 228 Å². The molecule has 4 heteroatoms. The Balaban J connectivity index is 1.03. The van der Waals surface area contributed by atoms with Gasteiger partial charge in [-0.05, 0) is 100 Å². The lowest BCUT2D eigenvalue weighted by Gasteiger charge is -2.29. The van der Waals surface area contributed by atoms with Crippen LogP contribution in [-0.2, 0) is 0 Å². The van der Waals surface area contributed by atoms with Gasteiger partial charge in [-0.1, -0.05) is 146 Å². The first-order valence-corrected chi connectivity index (χ1v) is 21.9. The third kappa shape index (κ3) is 5.30. The minimum atomic E-state index is 0.886. The molecule has 3 heterocycles. The van der Waals surface area contributed by atoms with Gasteiger partial charge in [0.2, 0.25) is 0 Å². The van der Waals surface area contributed by atoms with Gasteiger partial charge in [0.05, 0.1) is 22.4 Å². The van der Waals surface area contributed by atoms with Gasteiger partial charge in [0.1, 0.15) is 11.2 Å². The van der Waals surface area contributed by atoms with E-state index in [1.54, 1.807) is 0 Å². The maximum atomic E-state index is 6.65. The number of hydrogen-bond donors (Lipinski definition) is 0. The molecule has 0 saturated carbocycles. The number of rotatable bonds is 6. The van der Waals surface area contributed by atoms with Crippen LogP contribution in [0.25, 0.3) is 103 Å². The van der Waals surface area contributed by atoms with Crippen molar-refractivity contribution in [1.29, 1.82) is 0 Å². The van der Waals surface area contributed by atoms with Crippen LogP contribution in [-0.4, -0.2) is 4.57 Å². The summed E-state index contributed by atoms with van der Waals surface area (Å²) in [5.74, 6) is 0. The van der Waals surface area contributed by atoms with E-state index in [-0.39, 0.29) is 0 Å². The molecule has 0 unspecified atom stereocenters. The van der Waals surface area contributed by atoms with Crippen LogP contribution in [0.5, 0.6) is 0 Å². The van der Waals surface area contributed by atoms with Gasteiger partial charge in [0.25, 0.3) is 0 Å². The van der Waals surface area contributed by atoms with Gasteiger partial charge in [0.15, 0.2) is 0 Å². The molecule has 3 nitrogen and oxygen atoms in total. The number of para-hydroxylation sites is 4. The molecule has 0 aliphatic rings. The zero-order valence-corrected chi connectivity index (χ0v) is 34.3. The van der Waals surface area contributed by atoms with Crippen LogP contribution in [0.1, 0.15) is 0 Å². The van der Waals surface area contributed by atoms with Crippen LogP contribution < -0.4 is 4.90 Å². The average Bonchev–Trinajstić information content (AvgIpc) is 4.02. The molecule has 3 aromatic heterocycles. The maximum absolute atomic E-state index is 6.65. The number of furan rings is 1. The van der Waals surface area contributed by atoms with Crippen molar-refractivity contribution in [2.75, 3.05) is 4.90 Å². The molecule has 290 valence electrons. The smallest absolute Gasteiger partial charge is 0.143 e. The lowest BCUT2D eigenvalue weighted by atomic mass is 9.97. The lowest BCUT2D eigenvalue weighted by Crippen LogP contribution is -2.13. The number of thiophene rings is 1. The summed E-state index contributed by atoms with van der Waals surface area (Å²) >= 11 is 1.86. The zero-order chi connectivity index (χ0) is 40.7. The molecular weight excluding hydrogens is 773 g/mol. The Morgan fingerprint density at radius 3 is 1.87 bits per heavy atom. The number of fused-ring (bicyclic) bond motifs is 11. The molecular formula is C58H36N2OS. The average molecular weight is 809 g/mol. The van der Waals surface area contributed by atoms with Gasteiger partial charge >= 0.3 is 0 Å². The minimum Gasteiger partial charge on any atom is -0.455 e. The monoisotopic (exact) mass is 808 g/mol. The second kappa shape index (κ2) is 13.8. The fourth-order valence-corrected chi connectivity index (χ4v) is 11.0. The summed E-state index contributed by atoms with van der Waals surface area (Å²) in [7, 11) is 0. The van der Waals surface area contributed by atoms with Crippen molar-refractivity contribution in [3.63, 3.8) is 0 Å². The Morgan fingerprint density at radius 1 is 0.403 bits per heavy atom. The molecule has 0 saturated heterocycles. The molecule has 0 radical (unpaired) electrons. The van der Waals surface area contributed by atoms with E-state index in [0.717, 1.165) is 61.2 Å². The summed E-state index contributed by atoms with van der Waals surface area (Å²) < 4.78 is 11.7. The second-order valence-corrected chi connectivity index (χ2v) is 17.1. The summed E-state index contributed by atoms with van der Waals surface area (Å²) in [4.78, 5) is 2.42. The minimum absolute atomic E-state index is 0.886. The van der Waals surface area contributed by atoms with Gasteiger partial charge in [-0.15, -0.1) is 11.3 Å². The van der Waals surface area contributed by atoms with Crippen LogP contribution in [0.15, 0.2) is 223 Å². The summed E-state index contributed by atoms with van der Waals surface area (Å²) in [6, 6.07) is 79.2. The largest absolute Gasteiger partial charge is 0.455 e. The molecule has 0 aliphatic heterocycles. The van der Waals surface area contributed by atoms with E-state index in [0.29, 0.717) is 0 Å². The van der Waals surface area contributed by atoms with Gasteiger partial charge in [0, 0.05) is 58.5 Å². The Bertz CT molecular complexity index is 3830. The topological polar surface area (TPSA) is 21.3 Å². The number of aromatic nitrogens is 1. The highest BCUT2D eigenvalue weighted by Crippen LogP contribution is 2.46. The highest BCUT2D eigenvalue weighted by molar-refractivity contribution is 7.25. The van der Waals surface area contributed by atoms with Gasteiger partial charge in [-0.3, -0.25) is 0 Å². The SMILES string of the molecule is c1cc(-c2cccc3oc4c5ccccc5ccc4c23)cc(N(c2ccc(-c3cccc4sc5ccccc5c34)cc2)c2ccccc2-n2c3ccccc3c3ccccc32)c1. The predicted octanol–water partition coefficient (Wildman–Crippen LogP) is 17.0. The van der Waals surface area contributed by atoms with E-state index in [1.165, 1.54) is 58.5 Å². The van der Waals surface area contributed by atoms with Gasteiger partial charge < -0.3 is 13.9 Å². The van der Waals surface area contributed by atoms with Crippen molar-refractivity contribution in [1.82, 2.24) is 4.57 Å². The summed E-state index contributed by atoms with van der Waals surface area (Å²) in [5.41, 5.74) is 13.2. The first-order chi connectivity index (χ1) is 30.8. The van der Waals surface area contributed by atoms with E-state index in [4.69, 9.17) is 4.42 Å². The normalized spacial score (nSPS) is 11.9. The molecule has 62 heavy (non-hydrogen) atoms. The molecule has 13 aromatic rings. The Morgan fingerprint density at radius 2 is 1.05 bits per heavy atom. The maximum Gasteiger partial charge on any atom is 0.143 e. The van der Waals surface area contributed by atoms with Crippen LogP contribution >= 0.6 is 11.3 Å². The molecule has 0 fully saturated rings. The molecule has 0 spiro atoms. The predicted molar refractivity (Wildman–Crippen MR) is 264 cm³/mol. The van der Waals surface area contributed by atoms with Crippen LogP contribution in [0.3, 0.4) is 0 Å². The first-order valence-electron chi connectivity index (χ1n) is 21.1. The highest BCUT2D eigenvalue weighted by Gasteiger charge is 2.22. The molecule has 0 amide bonds. The van der Waals surface area contributed by atoms with E-state index >= 15 is 0 Å². The quantitative estimate of drug-likeness (QED) is 0.167. The lowest BCUT2D eigenvalue weighted by molar-refractivity contribution is 0.673. The summed E-state index contributed by atoms with van der Waals surface area (Å²) in [6.07, 6.45) is 0. The van der Waals surface area contributed by atoms with Crippen LogP contribution in [0.4, 0.5) is 17.1 Å². The van der Waals surface area contributed by atoms with Gasteiger partial charge in [-0.2, -0.15) is 0 Å². The molecule has 0 N–H and O–H groups in total. The van der Waals surface area contributed by atoms with Crippen LogP contribution in [0, 0.1) is 0 Å². The van der Waals surface area contributed by atoms with E-state index in [1.807, 2.05) is 11.3 Å². The van der Waals surface area contributed by atoms with Crippen molar-refractivity contribution in [3.05, 3.63) is 218 Å². The third-order valence-corrected chi connectivity index (χ3v) is 13.7. The highest BCUT2D eigenvalue weighted by atomic mass is 32.1. The van der Waals surface area contributed by atoms with E-state index in [9.17, 15) is 0 Å². The first kappa shape index (κ1) is 34.9. The molecule has 0 atom stereocenters. The molecule has 0 aliphatic carbocycles.